The van der Waals surface area contributed by atoms with Crippen molar-refractivity contribution in [3.8, 4) is 0 Å². The molecular formula is C52H102N2O5. The molecule has 0 heterocycles. The Hall–Kier alpha value is -1.63. The summed E-state index contributed by atoms with van der Waals surface area (Å²) in [4.78, 5) is 44.7. The van der Waals surface area contributed by atoms with Gasteiger partial charge in [-0.1, -0.05) is 221 Å². The molecule has 0 fully saturated rings. The van der Waals surface area contributed by atoms with Gasteiger partial charge in [0.1, 0.15) is 13.2 Å². The molecule has 350 valence electrons. The maximum Gasteiger partial charge on any atom is 0.308 e. The molecule has 0 aromatic heterocycles. The van der Waals surface area contributed by atoms with Gasteiger partial charge in [0.15, 0.2) is 0 Å². The highest BCUT2D eigenvalue weighted by molar-refractivity contribution is 5.77. The van der Waals surface area contributed by atoms with Crippen LogP contribution in [0.3, 0.4) is 0 Å². The lowest BCUT2D eigenvalue weighted by Gasteiger charge is -2.25. The molecule has 0 saturated carbocycles. The zero-order valence-corrected chi connectivity index (χ0v) is 40.7. The van der Waals surface area contributed by atoms with Crippen LogP contribution in [0.1, 0.15) is 253 Å². The predicted molar refractivity (Wildman–Crippen MR) is 253 cm³/mol. The second-order valence-electron chi connectivity index (χ2n) is 18.7. The Morgan fingerprint density at radius 1 is 0.424 bits per heavy atom. The molecule has 0 aromatic rings. The SMILES string of the molecule is CCCCCCCCCC(CCCCCCCCC)C(=O)OCCN(CCOC(=O)C(CCCCCCCCC)CCCCCCCCC)C(=O)CCN(C)CC(C)C. The van der Waals surface area contributed by atoms with Crippen molar-refractivity contribution in [1.29, 1.82) is 0 Å². The van der Waals surface area contributed by atoms with E-state index in [2.05, 4.69) is 53.5 Å². The summed E-state index contributed by atoms with van der Waals surface area (Å²) in [6, 6.07) is 0. The fraction of sp³-hybridized carbons (Fsp3) is 0.942. The Labute approximate surface area is 368 Å². The van der Waals surface area contributed by atoms with Crippen LogP contribution in [0.5, 0.6) is 0 Å². The Morgan fingerprint density at radius 2 is 0.712 bits per heavy atom. The van der Waals surface area contributed by atoms with E-state index >= 15 is 0 Å². The van der Waals surface area contributed by atoms with Gasteiger partial charge < -0.3 is 19.3 Å². The molecule has 0 aliphatic carbocycles. The molecular weight excluding hydrogens is 733 g/mol. The third kappa shape index (κ3) is 36.7. The number of rotatable bonds is 45. The van der Waals surface area contributed by atoms with Crippen molar-refractivity contribution in [3.63, 3.8) is 0 Å². The van der Waals surface area contributed by atoms with Gasteiger partial charge in [-0.25, -0.2) is 0 Å². The van der Waals surface area contributed by atoms with Gasteiger partial charge in [-0.3, -0.25) is 14.4 Å². The van der Waals surface area contributed by atoms with Crippen LogP contribution in [0.2, 0.25) is 0 Å². The van der Waals surface area contributed by atoms with E-state index in [9.17, 15) is 14.4 Å². The molecule has 59 heavy (non-hydrogen) atoms. The van der Waals surface area contributed by atoms with Crippen LogP contribution in [0.15, 0.2) is 0 Å². The summed E-state index contributed by atoms with van der Waals surface area (Å²) in [5.41, 5.74) is 0. The molecule has 0 rings (SSSR count). The molecule has 0 radical (unpaired) electrons. The molecule has 0 atom stereocenters. The van der Waals surface area contributed by atoms with E-state index in [-0.39, 0.29) is 42.9 Å². The summed E-state index contributed by atoms with van der Waals surface area (Å²) in [6.07, 6.45) is 38.5. The largest absolute Gasteiger partial charge is 0.464 e. The summed E-state index contributed by atoms with van der Waals surface area (Å²) in [5.74, 6) is 0.210. The average molecular weight is 835 g/mol. The zero-order chi connectivity index (χ0) is 43.6. The third-order valence-electron chi connectivity index (χ3n) is 12.2. The molecule has 0 aromatic carbocycles. The van der Waals surface area contributed by atoms with Gasteiger partial charge in [-0.15, -0.1) is 0 Å². The maximum absolute atomic E-state index is 13.6. The second-order valence-corrected chi connectivity index (χ2v) is 18.7. The standard InChI is InChI=1S/C52H102N2O5/c1-8-12-16-20-24-28-32-36-48(37-33-29-25-21-17-13-9-2)51(56)58-44-42-54(50(55)40-41-53(7)46-47(5)6)43-45-59-52(57)49(38-34-30-26-22-18-14-10-3)39-35-31-27-23-19-15-11-4/h47-49H,8-46H2,1-7H3. The summed E-state index contributed by atoms with van der Waals surface area (Å²) in [5, 5.41) is 0. The minimum Gasteiger partial charge on any atom is -0.464 e. The Bertz CT molecular complexity index is 848. The first-order valence-corrected chi connectivity index (χ1v) is 26.0. The van der Waals surface area contributed by atoms with Gasteiger partial charge in [0.2, 0.25) is 5.91 Å². The highest BCUT2D eigenvalue weighted by atomic mass is 16.5. The molecule has 7 heteroatoms. The van der Waals surface area contributed by atoms with E-state index in [1.54, 1.807) is 4.90 Å². The minimum absolute atomic E-state index is 0.0260. The molecule has 0 spiro atoms. The molecule has 0 aliphatic heterocycles. The normalized spacial score (nSPS) is 11.7. The quantitative estimate of drug-likeness (QED) is 0.0449. The maximum atomic E-state index is 13.6. The van der Waals surface area contributed by atoms with Crippen LogP contribution in [0.25, 0.3) is 0 Å². The van der Waals surface area contributed by atoms with E-state index in [4.69, 9.17) is 9.47 Å². The molecule has 0 N–H and O–H groups in total. The average Bonchev–Trinajstić information content (AvgIpc) is 3.21. The number of hydrogen-bond acceptors (Lipinski definition) is 6. The van der Waals surface area contributed by atoms with Gasteiger partial charge in [-0.05, 0) is 38.6 Å². The molecule has 0 aliphatic rings. The summed E-state index contributed by atoms with van der Waals surface area (Å²) in [7, 11) is 2.06. The van der Waals surface area contributed by atoms with Crippen LogP contribution < -0.4 is 0 Å². The number of nitrogens with zero attached hydrogens (tertiary/aromatic N) is 2. The number of esters is 2. The lowest BCUT2D eigenvalue weighted by atomic mass is 9.94. The van der Waals surface area contributed by atoms with Crippen molar-refractivity contribution in [2.75, 3.05) is 46.4 Å². The Balaban J connectivity index is 5.41. The molecule has 7 nitrogen and oxygen atoms in total. The van der Waals surface area contributed by atoms with Crippen molar-refractivity contribution in [2.45, 2.75) is 253 Å². The van der Waals surface area contributed by atoms with Crippen molar-refractivity contribution in [1.82, 2.24) is 9.80 Å². The van der Waals surface area contributed by atoms with E-state index in [0.29, 0.717) is 32.0 Å². The Morgan fingerprint density at radius 3 is 1.00 bits per heavy atom. The minimum atomic E-state index is -0.101. The smallest absolute Gasteiger partial charge is 0.308 e. The van der Waals surface area contributed by atoms with Crippen LogP contribution in [-0.4, -0.2) is 74.1 Å². The van der Waals surface area contributed by atoms with Crippen LogP contribution in [0.4, 0.5) is 0 Å². The number of unbranched alkanes of at least 4 members (excludes halogenated alkanes) is 24. The van der Waals surface area contributed by atoms with E-state index < -0.39 is 0 Å². The van der Waals surface area contributed by atoms with Gasteiger partial charge in [0.05, 0.1) is 24.9 Å². The topological polar surface area (TPSA) is 76.1 Å². The highest BCUT2D eigenvalue weighted by Crippen LogP contribution is 2.23. The van der Waals surface area contributed by atoms with Crippen molar-refractivity contribution in [3.05, 3.63) is 0 Å². The molecule has 0 saturated heterocycles. The van der Waals surface area contributed by atoms with Gasteiger partial charge in [0.25, 0.3) is 0 Å². The van der Waals surface area contributed by atoms with Crippen molar-refractivity contribution >= 4 is 17.8 Å². The first kappa shape index (κ1) is 57.4. The first-order valence-electron chi connectivity index (χ1n) is 26.0. The van der Waals surface area contributed by atoms with E-state index in [1.165, 1.54) is 154 Å². The summed E-state index contributed by atoms with van der Waals surface area (Å²) in [6.45, 7) is 16.0. The van der Waals surface area contributed by atoms with Crippen molar-refractivity contribution < 1.29 is 23.9 Å². The predicted octanol–water partition coefficient (Wildman–Crippen LogP) is 14.7. The summed E-state index contributed by atoms with van der Waals surface area (Å²) < 4.78 is 11.9. The van der Waals surface area contributed by atoms with Crippen LogP contribution in [-0.2, 0) is 23.9 Å². The van der Waals surface area contributed by atoms with Gasteiger partial charge in [0, 0.05) is 19.5 Å². The number of hydrogen-bond donors (Lipinski definition) is 0. The highest BCUT2D eigenvalue weighted by Gasteiger charge is 2.23. The molecule has 1 amide bonds. The number of amides is 1. The third-order valence-corrected chi connectivity index (χ3v) is 12.2. The van der Waals surface area contributed by atoms with Gasteiger partial charge in [-0.2, -0.15) is 0 Å². The monoisotopic (exact) mass is 835 g/mol. The van der Waals surface area contributed by atoms with Crippen LogP contribution >= 0.6 is 0 Å². The zero-order valence-electron chi connectivity index (χ0n) is 40.7. The number of carbonyl (C=O) groups is 3. The number of ether oxygens (including phenoxy) is 2. The van der Waals surface area contributed by atoms with Gasteiger partial charge >= 0.3 is 11.9 Å². The first-order chi connectivity index (χ1) is 28.7. The fourth-order valence-electron chi connectivity index (χ4n) is 8.42. The van der Waals surface area contributed by atoms with E-state index in [1.807, 2.05) is 0 Å². The lowest BCUT2D eigenvalue weighted by molar-refractivity contribution is -0.152. The molecule has 0 unspecified atom stereocenters. The van der Waals surface area contributed by atoms with Crippen LogP contribution in [0, 0.1) is 17.8 Å². The van der Waals surface area contributed by atoms with Crippen molar-refractivity contribution in [2.24, 2.45) is 17.8 Å². The second kappa shape index (κ2) is 43.0. The summed E-state index contributed by atoms with van der Waals surface area (Å²) >= 11 is 0. The molecule has 0 bridgehead atoms. The lowest BCUT2D eigenvalue weighted by Crippen LogP contribution is -2.39. The van der Waals surface area contributed by atoms with E-state index in [0.717, 1.165) is 57.9 Å². The number of carbonyl (C=O) groups excluding carboxylic acids is 3. The fourth-order valence-corrected chi connectivity index (χ4v) is 8.42. The Kier molecular flexibility index (Phi) is 41.8.